The number of nitrogens with zero attached hydrogens (tertiary/aromatic N) is 4. The van der Waals surface area contributed by atoms with Gasteiger partial charge in [0.25, 0.3) is 5.91 Å². The maximum Gasteiger partial charge on any atom is 0.254 e. The van der Waals surface area contributed by atoms with Crippen molar-refractivity contribution < 1.29 is 10.0 Å². The third-order valence-electron chi connectivity index (χ3n) is 3.81. The van der Waals surface area contributed by atoms with Gasteiger partial charge in [0.1, 0.15) is 0 Å². The van der Waals surface area contributed by atoms with Crippen LogP contribution in [0.4, 0.5) is 0 Å². The number of piperazine rings is 1. The van der Waals surface area contributed by atoms with E-state index in [0.29, 0.717) is 31.7 Å². The average Bonchev–Trinajstić information content (AvgIpc) is 2.56. The first kappa shape index (κ1) is 15.2. The molecule has 7 heteroatoms. The Bertz CT molecular complexity index is 497. The molecule has 3 N–H and O–H groups in total. The Morgan fingerprint density at radius 3 is 2.52 bits per heavy atom. The number of aromatic nitrogens is 1. The van der Waals surface area contributed by atoms with E-state index in [2.05, 4.69) is 15.0 Å². The van der Waals surface area contributed by atoms with Crippen molar-refractivity contribution in [2.45, 2.75) is 19.4 Å². The number of carbonyl (C=O) groups is 1. The van der Waals surface area contributed by atoms with Crippen LogP contribution in [-0.4, -0.2) is 64.0 Å². The van der Waals surface area contributed by atoms with Gasteiger partial charge in [-0.15, -0.1) is 0 Å². The summed E-state index contributed by atoms with van der Waals surface area (Å²) in [4.78, 5) is 20.2. The zero-order valence-electron chi connectivity index (χ0n) is 12.1. The number of amides is 1. The number of pyridine rings is 1. The SMILES string of the molecule is CCC(C(N)=NO)N1CCN(C(=O)c2ccncc2)CC1. The minimum absolute atomic E-state index is 0.0221. The quantitative estimate of drug-likeness (QED) is 0.361. The van der Waals surface area contributed by atoms with Gasteiger partial charge < -0.3 is 15.8 Å². The Morgan fingerprint density at radius 1 is 1.38 bits per heavy atom. The lowest BCUT2D eigenvalue weighted by molar-refractivity contribution is 0.0608. The molecule has 21 heavy (non-hydrogen) atoms. The van der Waals surface area contributed by atoms with Gasteiger partial charge >= 0.3 is 0 Å². The van der Waals surface area contributed by atoms with Crippen molar-refractivity contribution in [3.63, 3.8) is 0 Å². The van der Waals surface area contributed by atoms with Gasteiger partial charge in [-0.2, -0.15) is 0 Å². The lowest BCUT2D eigenvalue weighted by Gasteiger charge is -2.38. The fourth-order valence-corrected chi connectivity index (χ4v) is 2.63. The Labute approximate surface area is 124 Å². The second-order valence-electron chi connectivity index (χ2n) is 5.01. The highest BCUT2D eigenvalue weighted by Crippen LogP contribution is 2.12. The van der Waals surface area contributed by atoms with Gasteiger partial charge in [-0.25, -0.2) is 0 Å². The number of rotatable bonds is 4. The molecule has 2 heterocycles. The fourth-order valence-electron chi connectivity index (χ4n) is 2.63. The van der Waals surface area contributed by atoms with Crippen LogP contribution < -0.4 is 5.73 Å². The average molecular weight is 291 g/mol. The zero-order valence-corrected chi connectivity index (χ0v) is 12.1. The van der Waals surface area contributed by atoms with E-state index in [1.54, 1.807) is 24.5 Å². The standard InChI is InChI=1S/C14H21N5O2/c1-2-12(13(15)17-21)18-7-9-19(10-8-18)14(20)11-3-5-16-6-4-11/h3-6,12,21H,2,7-10H2,1H3,(H2,15,17). The van der Waals surface area contributed by atoms with Crippen molar-refractivity contribution in [3.8, 4) is 0 Å². The molecule has 1 aromatic rings. The molecule has 0 radical (unpaired) electrons. The predicted molar refractivity (Wildman–Crippen MR) is 79.2 cm³/mol. The van der Waals surface area contributed by atoms with Gasteiger partial charge in [0.15, 0.2) is 5.84 Å². The van der Waals surface area contributed by atoms with Crippen LogP contribution in [0.25, 0.3) is 0 Å². The van der Waals surface area contributed by atoms with E-state index in [0.717, 1.165) is 6.42 Å². The van der Waals surface area contributed by atoms with E-state index in [1.807, 2.05) is 11.8 Å². The first-order valence-electron chi connectivity index (χ1n) is 7.08. The van der Waals surface area contributed by atoms with Gasteiger partial charge in [0.05, 0.1) is 6.04 Å². The summed E-state index contributed by atoms with van der Waals surface area (Å²) in [6.07, 6.45) is 4.01. The Morgan fingerprint density at radius 2 is 2.00 bits per heavy atom. The van der Waals surface area contributed by atoms with Crippen LogP contribution in [0.15, 0.2) is 29.7 Å². The number of oxime groups is 1. The van der Waals surface area contributed by atoms with Gasteiger partial charge in [-0.05, 0) is 18.6 Å². The summed E-state index contributed by atoms with van der Waals surface area (Å²) in [6.45, 7) is 4.70. The zero-order chi connectivity index (χ0) is 15.2. The first-order chi connectivity index (χ1) is 10.2. The van der Waals surface area contributed by atoms with Crippen LogP contribution in [0.3, 0.4) is 0 Å². The predicted octanol–water partition coefficient (Wildman–Crippen LogP) is 0.364. The van der Waals surface area contributed by atoms with Crippen LogP contribution in [0.2, 0.25) is 0 Å². The molecule has 7 nitrogen and oxygen atoms in total. The minimum Gasteiger partial charge on any atom is -0.409 e. The summed E-state index contributed by atoms with van der Waals surface area (Å²) < 4.78 is 0. The van der Waals surface area contributed by atoms with Crippen molar-refractivity contribution in [2.24, 2.45) is 10.9 Å². The van der Waals surface area contributed by atoms with Crippen molar-refractivity contribution in [1.82, 2.24) is 14.8 Å². The molecule has 114 valence electrons. The molecule has 0 aliphatic carbocycles. The van der Waals surface area contributed by atoms with Gasteiger partial charge in [0, 0.05) is 44.1 Å². The van der Waals surface area contributed by atoms with Gasteiger partial charge in [-0.1, -0.05) is 12.1 Å². The van der Waals surface area contributed by atoms with Crippen LogP contribution >= 0.6 is 0 Å². The number of amidine groups is 1. The minimum atomic E-state index is -0.0758. The topological polar surface area (TPSA) is 95.0 Å². The lowest BCUT2D eigenvalue weighted by Crippen LogP contribution is -2.55. The van der Waals surface area contributed by atoms with Crippen LogP contribution in [0, 0.1) is 0 Å². The molecule has 1 atom stereocenters. The van der Waals surface area contributed by atoms with Gasteiger partial charge in [-0.3, -0.25) is 14.7 Å². The highest BCUT2D eigenvalue weighted by atomic mass is 16.4. The second-order valence-corrected chi connectivity index (χ2v) is 5.01. The Balaban J connectivity index is 1.96. The van der Waals surface area contributed by atoms with E-state index in [-0.39, 0.29) is 17.8 Å². The molecular weight excluding hydrogens is 270 g/mol. The third kappa shape index (κ3) is 3.49. The summed E-state index contributed by atoms with van der Waals surface area (Å²) in [6, 6.07) is 3.37. The fraction of sp³-hybridized carbons (Fsp3) is 0.500. The van der Waals surface area contributed by atoms with Crippen LogP contribution in [0.1, 0.15) is 23.7 Å². The summed E-state index contributed by atoms with van der Waals surface area (Å²) >= 11 is 0. The molecule has 1 unspecified atom stereocenters. The Hall–Kier alpha value is -2.15. The van der Waals surface area contributed by atoms with Crippen molar-refractivity contribution in [2.75, 3.05) is 26.2 Å². The maximum atomic E-state index is 12.3. The van der Waals surface area contributed by atoms with E-state index >= 15 is 0 Å². The van der Waals surface area contributed by atoms with E-state index in [9.17, 15) is 4.79 Å². The highest BCUT2D eigenvalue weighted by molar-refractivity contribution is 5.94. The largest absolute Gasteiger partial charge is 0.409 e. The van der Waals surface area contributed by atoms with Crippen molar-refractivity contribution >= 4 is 11.7 Å². The molecule has 1 saturated heterocycles. The number of carbonyl (C=O) groups excluding carboxylic acids is 1. The molecule has 0 bridgehead atoms. The molecule has 1 aromatic heterocycles. The summed E-state index contributed by atoms with van der Waals surface area (Å²) in [7, 11) is 0. The summed E-state index contributed by atoms with van der Waals surface area (Å²) in [5, 5.41) is 11.9. The smallest absolute Gasteiger partial charge is 0.254 e. The lowest BCUT2D eigenvalue weighted by atomic mass is 10.1. The Kier molecular flexibility index (Phi) is 5.10. The van der Waals surface area contributed by atoms with Crippen LogP contribution in [0.5, 0.6) is 0 Å². The molecule has 0 spiro atoms. The molecular formula is C14H21N5O2. The normalized spacial score (nSPS) is 18.5. The molecule has 0 saturated carbocycles. The molecule has 1 amide bonds. The molecule has 0 aromatic carbocycles. The first-order valence-corrected chi connectivity index (χ1v) is 7.08. The second kappa shape index (κ2) is 7.03. The summed E-state index contributed by atoms with van der Waals surface area (Å²) in [5.41, 5.74) is 6.37. The number of hydrogen-bond acceptors (Lipinski definition) is 5. The van der Waals surface area contributed by atoms with E-state index < -0.39 is 0 Å². The van der Waals surface area contributed by atoms with E-state index in [4.69, 9.17) is 10.9 Å². The number of nitrogens with two attached hydrogens (primary N) is 1. The van der Waals surface area contributed by atoms with E-state index in [1.165, 1.54) is 0 Å². The highest BCUT2D eigenvalue weighted by Gasteiger charge is 2.27. The van der Waals surface area contributed by atoms with Crippen LogP contribution in [-0.2, 0) is 0 Å². The monoisotopic (exact) mass is 291 g/mol. The molecule has 1 fully saturated rings. The van der Waals surface area contributed by atoms with Crippen molar-refractivity contribution in [1.29, 1.82) is 0 Å². The van der Waals surface area contributed by atoms with Crippen molar-refractivity contribution in [3.05, 3.63) is 30.1 Å². The molecule has 2 rings (SSSR count). The molecule has 1 aliphatic rings. The summed E-state index contributed by atoms with van der Waals surface area (Å²) in [5.74, 6) is 0.250. The number of hydrogen-bond donors (Lipinski definition) is 2. The maximum absolute atomic E-state index is 12.3. The third-order valence-corrected chi connectivity index (χ3v) is 3.81. The van der Waals surface area contributed by atoms with Gasteiger partial charge in [0.2, 0.25) is 0 Å². The molecule has 1 aliphatic heterocycles.